The number of hydrogen-bond donors (Lipinski definition) is 6. The van der Waals surface area contributed by atoms with E-state index >= 15 is 0 Å². The predicted octanol–water partition coefficient (Wildman–Crippen LogP) is -0.893. The lowest BCUT2D eigenvalue weighted by atomic mass is 10.1. The van der Waals surface area contributed by atoms with Crippen LogP contribution in [-0.2, 0) is 9.59 Å². The normalized spacial score (nSPS) is 18.8. The highest BCUT2D eigenvalue weighted by Gasteiger charge is 2.29. The first-order chi connectivity index (χ1) is 11.4. The zero-order valence-electron chi connectivity index (χ0n) is 12.8. The first kappa shape index (κ1) is 17.1. The summed E-state index contributed by atoms with van der Waals surface area (Å²) in [6.45, 7) is 0.372. The largest absolute Gasteiger partial charge is 0.504 e. The topological polar surface area (TPSA) is 163 Å². The summed E-state index contributed by atoms with van der Waals surface area (Å²) in [5, 5.41) is 23.9. The number of aromatic hydroxyl groups is 2. The molecule has 1 aliphatic rings. The van der Waals surface area contributed by atoms with Crippen molar-refractivity contribution in [1.29, 1.82) is 0 Å². The van der Waals surface area contributed by atoms with E-state index in [1.807, 2.05) is 0 Å². The molecule has 0 unspecified atom stereocenters. The first-order valence-electron chi connectivity index (χ1n) is 7.27. The predicted molar refractivity (Wildman–Crippen MR) is 87.7 cm³/mol. The molecule has 0 aliphatic carbocycles. The summed E-state index contributed by atoms with van der Waals surface area (Å²) in [6.07, 6.45) is 2.35. The maximum absolute atomic E-state index is 12.1. The van der Waals surface area contributed by atoms with Crippen LogP contribution in [0.5, 0.6) is 11.5 Å². The van der Waals surface area contributed by atoms with Gasteiger partial charge in [0.1, 0.15) is 11.7 Å². The molecule has 128 valence electrons. The summed E-state index contributed by atoms with van der Waals surface area (Å²) in [5.74, 6) is -1.38. The third-order valence-electron chi connectivity index (χ3n) is 3.38. The number of carbonyl (C=O) groups is 2. The molecule has 9 nitrogen and oxygen atoms in total. The highest BCUT2D eigenvalue weighted by atomic mass is 16.3. The number of aliphatic imine (C=N–C) groups is 1. The number of nitrogens with one attached hydrogen (secondary N) is 2. The van der Waals surface area contributed by atoms with E-state index in [4.69, 9.17) is 11.5 Å². The highest BCUT2D eigenvalue weighted by Crippen LogP contribution is 2.26. The lowest BCUT2D eigenvalue weighted by Gasteiger charge is -2.25. The number of nitrogens with two attached hydrogens (primary N) is 2. The summed E-state index contributed by atoms with van der Waals surface area (Å²) < 4.78 is 0. The average molecular weight is 333 g/mol. The van der Waals surface area contributed by atoms with Gasteiger partial charge in [0, 0.05) is 6.54 Å². The minimum absolute atomic E-state index is 0.0190. The Labute approximate surface area is 138 Å². The van der Waals surface area contributed by atoms with Gasteiger partial charge in [-0.3, -0.25) is 14.6 Å². The molecule has 8 N–H and O–H groups in total. The number of piperazine rings is 1. The van der Waals surface area contributed by atoms with Crippen molar-refractivity contribution in [1.82, 2.24) is 10.6 Å². The van der Waals surface area contributed by atoms with Gasteiger partial charge in [-0.05, 0) is 36.6 Å². The fourth-order valence-electron chi connectivity index (χ4n) is 2.18. The van der Waals surface area contributed by atoms with Gasteiger partial charge in [0.05, 0.1) is 0 Å². The molecule has 0 bridgehead atoms. The van der Waals surface area contributed by atoms with Crippen molar-refractivity contribution < 1.29 is 19.8 Å². The smallest absolute Gasteiger partial charge is 0.268 e. The average Bonchev–Trinajstić information content (AvgIpc) is 2.51. The molecule has 24 heavy (non-hydrogen) atoms. The number of nitrogens with zero attached hydrogens (tertiary/aromatic N) is 1. The summed E-state index contributed by atoms with van der Waals surface area (Å²) in [6, 6.07) is 3.42. The molecule has 1 heterocycles. The van der Waals surface area contributed by atoms with Crippen LogP contribution in [0.4, 0.5) is 0 Å². The van der Waals surface area contributed by atoms with E-state index in [1.54, 1.807) is 0 Å². The van der Waals surface area contributed by atoms with Gasteiger partial charge in [0.15, 0.2) is 17.5 Å². The Morgan fingerprint density at radius 2 is 2.00 bits per heavy atom. The monoisotopic (exact) mass is 333 g/mol. The summed E-state index contributed by atoms with van der Waals surface area (Å²) in [5.41, 5.74) is 10.9. The van der Waals surface area contributed by atoms with Crippen molar-refractivity contribution >= 4 is 23.8 Å². The number of phenols is 2. The number of hydrogen-bond acceptors (Lipinski definition) is 5. The number of guanidine groups is 1. The zero-order valence-corrected chi connectivity index (χ0v) is 12.8. The molecule has 9 heteroatoms. The van der Waals surface area contributed by atoms with Crippen LogP contribution in [0, 0.1) is 0 Å². The van der Waals surface area contributed by atoms with Crippen LogP contribution >= 0.6 is 0 Å². The number of carbonyl (C=O) groups excluding carboxylic acids is 2. The lowest BCUT2D eigenvalue weighted by molar-refractivity contribution is -0.131. The molecule has 1 atom stereocenters. The van der Waals surface area contributed by atoms with E-state index in [0.717, 1.165) is 0 Å². The maximum Gasteiger partial charge on any atom is 0.268 e. The Bertz CT molecular complexity index is 710. The van der Waals surface area contributed by atoms with Crippen molar-refractivity contribution in [2.24, 2.45) is 16.5 Å². The summed E-state index contributed by atoms with van der Waals surface area (Å²) >= 11 is 0. The van der Waals surface area contributed by atoms with Gasteiger partial charge >= 0.3 is 0 Å². The third-order valence-corrected chi connectivity index (χ3v) is 3.38. The van der Waals surface area contributed by atoms with Crippen LogP contribution in [0.3, 0.4) is 0 Å². The second kappa shape index (κ2) is 7.36. The van der Waals surface area contributed by atoms with Crippen molar-refractivity contribution in [3.8, 4) is 11.5 Å². The molecule has 2 amide bonds. The van der Waals surface area contributed by atoms with E-state index in [-0.39, 0.29) is 29.1 Å². The second-order valence-corrected chi connectivity index (χ2v) is 5.27. The Hall–Kier alpha value is -3.23. The number of amides is 2. The second-order valence-electron chi connectivity index (χ2n) is 5.27. The van der Waals surface area contributed by atoms with E-state index in [2.05, 4.69) is 15.6 Å². The molecule has 0 radical (unpaired) electrons. The minimum Gasteiger partial charge on any atom is -0.504 e. The van der Waals surface area contributed by atoms with Gasteiger partial charge in [0.25, 0.3) is 5.91 Å². The number of benzene rings is 1. The highest BCUT2D eigenvalue weighted by molar-refractivity contribution is 6.07. The van der Waals surface area contributed by atoms with Crippen molar-refractivity contribution in [2.45, 2.75) is 18.9 Å². The SMILES string of the molecule is NC(N)=NCCC[C@@H]1NC(=O)/C(=C/c2ccc(O)c(O)c2)NC1=O. The van der Waals surface area contributed by atoms with E-state index < -0.39 is 11.9 Å². The molecule has 0 aromatic heterocycles. The Kier molecular flexibility index (Phi) is 5.25. The standard InChI is InChI=1S/C15H19N5O4/c16-15(17)18-5-1-2-9-13(23)20-10(14(24)19-9)6-8-3-4-11(21)12(22)7-8/h3-4,6-7,9,21-22H,1-2,5H2,(H,19,24)(H,20,23)(H4,16,17,18)/b10-6-/t9-/m0/s1. The molecule has 1 aromatic carbocycles. The van der Waals surface area contributed by atoms with Gasteiger partial charge < -0.3 is 32.3 Å². The molecule has 1 fully saturated rings. The summed E-state index contributed by atoms with van der Waals surface area (Å²) in [4.78, 5) is 27.9. The molecular formula is C15H19N5O4. The Balaban J connectivity index is 2.00. The fourth-order valence-corrected chi connectivity index (χ4v) is 2.18. The van der Waals surface area contributed by atoms with Crippen molar-refractivity contribution in [2.75, 3.05) is 6.54 Å². The Morgan fingerprint density at radius 3 is 2.67 bits per heavy atom. The quantitative estimate of drug-likeness (QED) is 0.134. The zero-order chi connectivity index (χ0) is 17.7. The Morgan fingerprint density at radius 1 is 1.25 bits per heavy atom. The maximum atomic E-state index is 12.1. The molecule has 1 aromatic rings. The summed E-state index contributed by atoms with van der Waals surface area (Å²) in [7, 11) is 0. The third kappa shape index (κ3) is 4.38. The van der Waals surface area contributed by atoms with Crippen LogP contribution in [-0.4, -0.2) is 40.6 Å². The molecular weight excluding hydrogens is 314 g/mol. The van der Waals surface area contributed by atoms with E-state index in [9.17, 15) is 19.8 Å². The van der Waals surface area contributed by atoms with E-state index in [0.29, 0.717) is 24.9 Å². The lowest BCUT2D eigenvalue weighted by Crippen LogP contribution is -2.54. The van der Waals surface area contributed by atoms with Gasteiger partial charge in [-0.25, -0.2) is 0 Å². The van der Waals surface area contributed by atoms with Crippen molar-refractivity contribution in [3.63, 3.8) is 0 Å². The fraction of sp³-hybridized carbons (Fsp3) is 0.267. The van der Waals surface area contributed by atoms with E-state index in [1.165, 1.54) is 24.3 Å². The molecule has 1 saturated heterocycles. The van der Waals surface area contributed by atoms with Crippen molar-refractivity contribution in [3.05, 3.63) is 29.5 Å². The minimum atomic E-state index is -0.655. The van der Waals surface area contributed by atoms with Gasteiger partial charge in [-0.15, -0.1) is 0 Å². The molecule has 0 spiro atoms. The van der Waals surface area contributed by atoms with Crippen LogP contribution in [0.25, 0.3) is 6.08 Å². The van der Waals surface area contributed by atoms with Gasteiger partial charge in [-0.1, -0.05) is 6.07 Å². The van der Waals surface area contributed by atoms with Crippen LogP contribution < -0.4 is 22.1 Å². The molecule has 2 rings (SSSR count). The number of rotatable bonds is 5. The van der Waals surface area contributed by atoms with Crippen LogP contribution in [0.1, 0.15) is 18.4 Å². The molecule has 1 aliphatic heterocycles. The first-order valence-corrected chi connectivity index (χ1v) is 7.27. The van der Waals surface area contributed by atoms with Crippen LogP contribution in [0.2, 0.25) is 0 Å². The van der Waals surface area contributed by atoms with Crippen LogP contribution in [0.15, 0.2) is 28.9 Å². The molecule has 0 saturated carbocycles. The number of phenolic OH excluding ortho intramolecular Hbond substituents is 2. The van der Waals surface area contributed by atoms with Gasteiger partial charge in [-0.2, -0.15) is 0 Å². The van der Waals surface area contributed by atoms with Gasteiger partial charge in [0.2, 0.25) is 5.91 Å².